The lowest BCUT2D eigenvalue weighted by molar-refractivity contribution is 0.127. The van der Waals surface area contributed by atoms with E-state index < -0.39 is 0 Å². The minimum absolute atomic E-state index is 0.891. The van der Waals surface area contributed by atoms with Gasteiger partial charge in [-0.1, -0.05) is 12.8 Å². The highest BCUT2D eigenvalue weighted by Crippen LogP contribution is 2.29. The van der Waals surface area contributed by atoms with Crippen LogP contribution in [0.25, 0.3) is 0 Å². The lowest BCUT2D eigenvalue weighted by Gasteiger charge is -2.34. The maximum atomic E-state index is 3.61. The van der Waals surface area contributed by atoms with Crippen molar-refractivity contribution in [1.29, 1.82) is 0 Å². The van der Waals surface area contributed by atoms with Gasteiger partial charge in [-0.25, -0.2) is 0 Å². The van der Waals surface area contributed by atoms with Crippen LogP contribution in [0.2, 0.25) is 0 Å². The number of piperazine rings is 1. The van der Waals surface area contributed by atoms with Crippen LogP contribution in [-0.2, 0) is 0 Å². The summed E-state index contributed by atoms with van der Waals surface area (Å²) in [5.74, 6) is 1.06. The van der Waals surface area contributed by atoms with E-state index in [1.165, 1.54) is 97.2 Å². The molecule has 1 heterocycles. The molecular formula is C17H33N3. The second kappa shape index (κ2) is 7.77. The predicted octanol–water partition coefficient (Wildman–Crippen LogP) is 2.33. The van der Waals surface area contributed by atoms with Gasteiger partial charge < -0.3 is 15.1 Å². The quantitative estimate of drug-likeness (QED) is 0.619. The molecule has 1 N–H and O–H groups in total. The Morgan fingerprint density at radius 1 is 0.750 bits per heavy atom. The molecule has 3 aliphatic rings. The first-order valence-corrected chi connectivity index (χ1v) is 9.08. The fourth-order valence-electron chi connectivity index (χ4n) is 3.27. The van der Waals surface area contributed by atoms with E-state index in [9.17, 15) is 0 Å². The Morgan fingerprint density at radius 2 is 1.45 bits per heavy atom. The molecular weight excluding hydrogens is 246 g/mol. The van der Waals surface area contributed by atoms with Crippen molar-refractivity contribution in [3.05, 3.63) is 0 Å². The summed E-state index contributed by atoms with van der Waals surface area (Å²) in [6.45, 7) is 9.26. The second-order valence-electron chi connectivity index (χ2n) is 7.23. The van der Waals surface area contributed by atoms with Crippen LogP contribution in [0.5, 0.6) is 0 Å². The highest BCUT2D eigenvalue weighted by molar-refractivity contribution is 4.81. The molecule has 3 heteroatoms. The lowest BCUT2D eigenvalue weighted by Crippen LogP contribution is -2.47. The Balaban J connectivity index is 1.13. The van der Waals surface area contributed by atoms with Crippen molar-refractivity contribution in [2.45, 2.75) is 57.4 Å². The topological polar surface area (TPSA) is 18.5 Å². The Hall–Kier alpha value is -0.120. The monoisotopic (exact) mass is 279 g/mol. The summed E-state index contributed by atoms with van der Waals surface area (Å²) in [4.78, 5) is 5.38. The molecule has 116 valence electrons. The Labute approximate surface area is 125 Å². The van der Waals surface area contributed by atoms with E-state index in [4.69, 9.17) is 0 Å². The van der Waals surface area contributed by atoms with Crippen LogP contribution in [0.3, 0.4) is 0 Å². The molecule has 0 aromatic carbocycles. The smallest absolute Gasteiger partial charge is 0.0110 e. The van der Waals surface area contributed by atoms with Gasteiger partial charge >= 0.3 is 0 Å². The predicted molar refractivity (Wildman–Crippen MR) is 85.1 cm³/mol. The zero-order valence-electron chi connectivity index (χ0n) is 13.2. The van der Waals surface area contributed by atoms with Gasteiger partial charge in [0.25, 0.3) is 0 Å². The fraction of sp³-hybridized carbons (Fsp3) is 1.00. The number of nitrogens with one attached hydrogen (secondary N) is 1. The number of nitrogens with zero attached hydrogens (tertiary/aromatic N) is 2. The zero-order valence-corrected chi connectivity index (χ0v) is 13.2. The number of hydrogen-bond acceptors (Lipinski definition) is 3. The standard InChI is InChI=1S/C17H33N3/c1(3-9-18-17-7-8-17)2-4-10-19-11-13-20(14-12-19)15-16-5-6-16/h16-18H,1-15H2. The molecule has 0 amide bonds. The molecule has 0 spiro atoms. The molecule has 1 saturated heterocycles. The van der Waals surface area contributed by atoms with Gasteiger partial charge in [0.2, 0.25) is 0 Å². The van der Waals surface area contributed by atoms with E-state index >= 15 is 0 Å². The zero-order chi connectivity index (χ0) is 13.6. The summed E-state index contributed by atoms with van der Waals surface area (Å²) in [6.07, 6.45) is 11.5. The van der Waals surface area contributed by atoms with Gasteiger partial charge in [0.05, 0.1) is 0 Å². The average molecular weight is 279 g/mol. The third kappa shape index (κ3) is 5.71. The summed E-state index contributed by atoms with van der Waals surface area (Å²) < 4.78 is 0. The Bertz CT molecular complexity index is 265. The molecule has 0 bridgehead atoms. The largest absolute Gasteiger partial charge is 0.314 e. The second-order valence-corrected chi connectivity index (χ2v) is 7.23. The van der Waals surface area contributed by atoms with E-state index in [0.29, 0.717) is 0 Å². The average Bonchev–Trinajstić information content (AvgIpc) is 3.34. The molecule has 0 atom stereocenters. The molecule has 20 heavy (non-hydrogen) atoms. The summed E-state index contributed by atoms with van der Waals surface area (Å²) in [6, 6.07) is 0.891. The van der Waals surface area contributed by atoms with Crippen LogP contribution >= 0.6 is 0 Å². The van der Waals surface area contributed by atoms with E-state index in [1.807, 2.05) is 0 Å². The van der Waals surface area contributed by atoms with Crippen molar-refractivity contribution in [2.24, 2.45) is 5.92 Å². The third-order valence-corrected chi connectivity index (χ3v) is 5.09. The summed E-state index contributed by atoms with van der Waals surface area (Å²) in [7, 11) is 0. The number of rotatable bonds is 10. The Kier molecular flexibility index (Phi) is 5.75. The maximum Gasteiger partial charge on any atom is 0.0110 e. The van der Waals surface area contributed by atoms with Crippen molar-refractivity contribution in [3.63, 3.8) is 0 Å². The molecule has 3 fully saturated rings. The van der Waals surface area contributed by atoms with Crippen LogP contribution in [-0.4, -0.2) is 61.7 Å². The number of hydrogen-bond donors (Lipinski definition) is 1. The van der Waals surface area contributed by atoms with Crippen molar-refractivity contribution in [1.82, 2.24) is 15.1 Å². The van der Waals surface area contributed by atoms with Crippen molar-refractivity contribution >= 4 is 0 Å². The first-order valence-electron chi connectivity index (χ1n) is 9.08. The van der Waals surface area contributed by atoms with Crippen molar-refractivity contribution < 1.29 is 0 Å². The van der Waals surface area contributed by atoms with Crippen LogP contribution in [0.15, 0.2) is 0 Å². The van der Waals surface area contributed by atoms with Gasteiger partial charge in [-0.15, -0.1) is 0 Å². The van der Waals surface area contributed by atoms with Gasteiger partial charge in [-0.05, 0) is 57.5 Å². The molecule has 2 saturated carbocycles. The van der Waals surface area contributed by atoms with Crippen LogP contribution in [0.1, 0.15) is 51.4 Å². The SMILES string of the molecule is C(CCCN1CCN(CC2CC2)CC1)CCNC1CC1. The third-order valence-electron chi connectivity index (χ3n) is 5.09. The van der Waals surface area contributed by atoms with Gasteiger partial charge in [-0.3, -0.25) is 0 Å². The van der Waals surface area contributed by atoms with Gasteiger partial charge in [-0.2, -0.15) is 0 Å². The summed E-state index contributed by atoms with van der Waals surface area (Å²) >= 11 is 0. The minimum Gasteiger partial charge on any atom is -0.314 e. The molecule has 0 aromatic rings. The molecule has 0 radical (unpaired) electrons. The summed E-state index contributed by atoms with van der Waals surface area (Å²) in [5, 5.41) is 3.61. The van der Waals surface area contributed by atoms with Crippen LogP contribution in [0, 0.1) is 5.92 Å². The molecule has 0 aromatic heterocycles. The minimum atomic E-state index is 0.891. The highest BCUT2D eigenvalue weighted by atomic mass is 15.3. The van der Waals surface area contributed by atoms with Gasteiger partial charge in [0.1, 0.15) is 0 Å². The van der Waals surface area contributed by atoms with Crippen molar-refractivity contribution in [2.75, 3.05) is 45.8 Å². The first kappa shape index (κ1) is 14.8. The van der Waals surface area contributed by atoms with E-state index in [2.05, 4.69) is 15.1 Å². The van der Waals surface area contributed by atoms with Crippen molar-refractivity contribution in [3.8, 4) is 0 Å². The van der Waals surface area contributed by atoms with Gasteiger partial charge in [0, 0.05) is 38.8 Å². The van der Waals surface area contributed by atoms with E-state index in [-0.39, 0.29) is 0 Å². The molecule has 3 nitrogen and oxygen atoms in total. The van der Waals surface area contributed by atoms with E-state index in [1.54, 1.807) is 0 Å². The van der Waals surface area contributed by atoms with E-state index in [0.717, 1.165) is 12.0 Å². The van der Waals surface area contributed by atoms with Crippen LogP contribution in [0.4, 0.5) is 0 Å². The molecule has 1 aliphatic heterocycles. The van der Waals surface area contributed by atoms with Crippen LogP contribution < -0.4 is 5.32 Å². The first-order chi connectivity index (χ1) is 9.90. The Morgan fingerprint density at radius 3 is 2.15 bits per heavy atom. The fourth-order valence-corrected chi connectivity index (χ4v) is 3.27. The normalized spacial score (nSPS) is 25.2. The molecule has 2 aliphatic carbocycles. The summed E-state index contributed by atoms with van der Waals surface area (Å²) in [5.41, 5.74) is 0. The highest BCUT2D eigenvalue weighted by Gasteiger charge is 2.26. The molecule has 3 rings (SSSR count). The lowest BCUT2D eigenvalue weighted by atomic mass is 10.1. The molecule has 0 unspecified atom stereocenters. The van der Waals surface area contributed by atoms with Gasteiger partial charge in [0.15, 0.2) is 0 Å². The number of unbranched alkanes of at least 4 members (excludes halogenated alkanes) is 3. The maximum absolute atomic E-state index is 3.61.